The molecular formula is C16H20N2O2. The Morgan fingerprint density at radius 2 is 2.10 bits per heavy atom. The molecule has 0 bridgehead atoms. The van der Waals surface area contributed by atoms with Gasteiger partial charge in [0.15, 0.2) is 0 Å². The molecule has 2 rings (SSSR count). The van der Waals surface area contributed by atoms with Crippen molar-refractivity contribution in [2.24, 2.45) is 5.92 Å². The molecule has 1 aromatic carbocycles. The van der Waals surface area contributed by atoms with Gasteiger partial charge < -0.3 is 10.4 Å². The second-order valence-electron chi connectivity index (χ2n) is 5.35. The molecule has 0 amide bonds. The Balaban J connectivity index is 2.21. The summed E-state index contributed by atoms with van der Waals surface area (Å²) < 4.78 is 0. The lowest BCUT2D eigenvalue weighted by Gasteiger charge is -2.11. The number of fused-ring (bicyclic) bond motifs is 1. The first-order chi connectivity index (χ1) is 9.58. The summed E-state index contributed by atoms with van der Waals surface area (Å²) in [5, 5.41) is 13.3. The van der Waals surface area contributed by atoms with Crippen molar-refractivity contribution in [3.8, 4) is 0 Å². The molecule has 4 nitrogen and oxygen atoms in total. The van der Waals surface area contributed by atoms with Gasteiger partial charge in [-0.2, -0.15) is 0 Å². The first kappa shape index (κ1) is 14.3. The summed E-state index contributed by atoms with van der Waals surface area (Å²) in [4.78, 5) is 15.7. The van der Waals surface area contributed by atoms with Crippen molar-refractivity contribution >= 4 is 22.7 Å². The highest BCUT2D eigenvalue weighted by Gasteiger charge is 2.12. The number of hydrogen-bond donors (Lipinski definition) is 2. The van der Waals surface area contributed by atoms with Gasteiger partial charge in [0.2, 0.25) is 0 Å². The van der Waals surface area contributed by atoms with E-state index in [1.165, 1.54) is 0 Å². The lowest BCUT2D eigenvalue weighted by Crippen LogP contribution is -2.10. The van der Waals surface area contributed by atoms with Gasteiger partial charge in [0.1, 0.15) is 11.4 Å². The number of benzene rings is 1. The summed E-state index contributed by atoms with van der Waals surface area (Å²) in [7, 11) is 0. The molecule has 0 aliphatic rings. The molecule has 1 aromatic heterocycles. The Morgan fingerprint density at radius 3 is 2.80 bits per heavy atom. The van der Waals surface area contributed by atoms with E-state index in [-0.39, 0.29) is 5.56 Å². The Morgan fingerprint density at radius 1 is 1.35 bits per heavy atom. The number of nitrogens with zero attached hydrogens (tertiary/aromatic N) is 1. The van der Waals surface area contributed by atoms with Crippen LogP contribution in [0.5, 0.6) is 0 Å². The molecule has 2 aromatic rings. The highest BCUT2D eigenvalue weighted by molar-refractivity contribution is 5.98. The third kappa shape index (κ3) is 3.47. The Labute approximate surface area is 118 Å². The molecule has 4 heteroatoms. The number of carboxylic acid groups (broad SMARTS) is 1. The maximum atomic E-state index is 11.3. The average molecular weight is 272 g/mol. The molecule has 0 saturated carbocycles. The number of carboxylic acids is 1. The largest absolute Gasteiger partial charge is 0.478 e. The molecule has 2 N–H and O–H groups in total. The quantitative estimate of drug-likeness (QED) is 0.785. The van der Waals surface area contributed by atoms with Crippen LogP contribution in [0.2, 0.25) is 0 Å². The van der Waals surface area contributed by atoms with Gasteiger partial charge in [0.25, 0.3) is 0 Å². The fraction of sp³-hybridized carbons (Fsp3) is 0.375. The van der Waals surface area contributed by atoms with Gasteiger partial charge in [-0.1, -0.05) is 32.0 Å². The first-order valence-corrected chi connectivity index (χ1v) is 6.95. The summed E-state index contributed by atoms with van der Waals surface area (Å²) in [6.07, 6.45) is 2.12. The molecule has 0 aliphatic heterocycles. The second kappa shape index (κ2) is 6.37. The fourth-order valence-corrected chi connectivity index (χ4v) is 2.13. The van der Waals surface area contributed by atoms with Crippen LogP contribution < -0.4 is 5.32 Å². The Kier molecular flexibility index (Phi) is 4.56. The van der Waals surface area contributed by atoms with Crippen LogP contribution in [0, 0.1) is 5.92 Å². The number of aromatic carboxylic acids is 1. The molecule has 106 valence electrons. The second-order valence-corrected chi connectivity index (χ2v) is 5.35. The normalized spacial score (nSPS) is 10.9. The van der Waals surface area contributed by atoms with Gasteiger partial charge >= 0.3 is 5.97 Å². The predicted molar refractivity (Wildman–Crippen MR) is 81.3 cm³/mol. The summed E-state index contributed by atoms with van der Waals surface area (Å²) >= 11 is 0. The van der Waals surface area contributed by atoms with E-state index in [0.29, 0.717) is 11.7 Å². The number of anilines is 1. The number of carbonyl (C=O) groups is 1. The van der Waals surface area contributed by atoms with E-state index in [0.717, 1.165) is 30.3 Å². The lowest BCUT2D eigenvalue weighted by atomic mass is 10.1. The monoisotopic (exact) mass is 272 g/mol. The fourth-order valence-electron chi connectivity index (χ4n) is 2.13. The van der Waals surface area contributed by atoms with E-state index < -0.39 is 5.97 Å². The van der Waals surface area contributed by atoms with Crippen LogP contribution in [0.25, 0.3) is 10.9 Å². The van der Waals surface area contributed by atoms with Crippen molar-refractivity contribution in [2.75, 3.05) is 11.9 Å². The molecule has 0 unspecified atom stereocenters. The van der Waals surface area contributed by atoms with Gasteiger partial charge in [-0.25, -0.2) is 9.78 Å². The molecule has 0 radical (unpaired) electrons. The van der Waals surface area contributed by atoms with Crippen molar-refractivity contribution in [2.45, 2.75) is 26.7 Å². The molecule has 0 fully saturated rings. The summed E-state index contributed by atoms with van der Waals surface area (Å²) in [5.41, 5.74) is 1.04. The van der Waals surface area contributed by atoms with Crippen molar-refractivity contribution in [3.05, 3.63) is 35.9 Å². The third-order valence-corrected chi connectivity index (χ3v) is 3.21. The zero-order valence-corrected chi connectivity index (χ0v) is 11.9. The van der Waals surface area contributed by atoms with Gasteiger partial charge in [-0.3, -0.25) is 0 Å². The average Bonchev–Trinajstić information content (AvgIpc) is 2.42. The minimum atomic E-state index is -0.949. The van der Waals surface area contributed by atoms with Crippen molar-refractivity contribution in [3.63, 3.8) is 0 Å². The SMILES string of the molecule is CC(C)CCCNc1nc2ccccc2cc1C(=O)O. The number of pyridine rings is 1. The lowest BCUT2D eigenvalue weighted by molar-refractivity contribution is 0.0697. The zero-order chi connectivity index (χ0) is 14.5. The smallest absolute Gasteiger partial charge is 0.339 e. The maximum absolute atomic E-state index is 11.3. The van der Waals surface area contributed by atoms with E-state index in [9.17, 15) is 9.90 Å². The van der Waals surface area contributed by atoms with Crippen LogP contribution in [-0.4, -0.2) is 22.6 Å². The van der Waals surface area contributed by atoms with E-state index in [4.69, 9.17) is 0 Å². The van der Waals surface area contributed by atoms with E-state index in [1.807, 2.05) is 24.3 Å². The molecule has 0 spiro atoms. The highest BCUT2D eigenvalue weighted by atomic mass is 16.4. The first-order valence-electron chi connectivity index (χ1n) is 6.95. The van der Waals surface area contributed by atoms with Crippen molar-refractivity contribution in [1.82, 2.24) is 4.98 Å². The van der Waals surface area contributed by atoms with Crippen LogP contribution in [-0.2, 0) is 0 Å². The molecular weight excluding hydrogens is 252 g/mol. The standard InChI is InChI=1S/C16H20N2O2/c1-11(2)6-5-9-17-15-13(16(19)20)10-12-7-3-4-8-14(12)18-15/h3-4,7-8,10-11H,5-6,9H2,1-2H3,(H,17,18)(H,19,20). The summed E-state index contributed by atoms with van der Waals surface area (Å²) in [5.74, 6) is 0.162. The van der Waals surface area contributed by atoms with Crippen LogP contribution in [0.1, 0.15) is 37.0 Å². The minimum Gasteiger partial charge on any atom is -0.478 e. The molecule has 0 atom stereocenters. The number of nitrogens with one attached hydrogen (secondary N) is 1. The summed E-state index contributed by atoms with van der Waals surface area (Å²) in [6, 6.07) is 9.22. The zero-order valence-electron chi connectivity index (χ0n) is 11.9. The van der Waals surface area contributed by atoms with Crippen molar-refractivity contribution < 1.29 is 9.90 Å². The molecule has 1 heterocycles. The highest BCUT2D eigenvalue weighted by Crippen LogP contribution is 2.20. The predicted octanol–water partition coefficient (Wildman–Crippen LogP) is 3.78. The van der Waals surface area contributed by atoms with Crippen LogP contribution >= 0.6 is 0 Å². The summed E-state index contributed by atoms with van der Waals surface area (Å²) in [6.45, 7) is 5.09. The van der Waals surface area contributed by atoms with E-state index in [1.54, 1.807) is 6.07 Å². The molecule has 0 aliphatic carbocycles. The minimum absolute atomic E-state index is 0.230. The third-order valence-electron chi connectivity index (χ3n) is 3.21. The number of para-hydroxylation sites is 1. The van der Waals surface area contributed by atoms with Gasteiger partial charge in [-0.15, -0.1) is 0 Å². The van der Waals surface area contributed by atoms with Crippen LogP contribution in [0.3, 0.4) is 0 Å². The topological polar surface area (TPSA) is 62.2 Å². The van der Waals surface area contributed by atoms with Gasteiger partial charge in [0, 0.05) is 11.9 Å². The molecule has 20 heavy (non-hydrogen) atoms. The van der Waals surface area contributed by atoms with Gasteiger partial charge in [0.05, 0.1) is 5.52 Å². The van der Waals surface area contributed by atoms with Crippen LogP contribution in [0.15, 0.2) is 30.3 Å². The maximum Gasteiger partial charge on any atom is 0.339 e. The number of hydrogen-bond acceptors (Lipinski definition) is 3. The Hall–Kier alpha value is -2.10. The Bertz CT molecular complexity index is 608. The van der Waals surface area contributed by atoms with Gasteiger partial charge in [-0.05, 0) is 30.9 Å². The molecule has 0 saturated heterocycles. The number of rotatable bonds is 6. The van der Waals surface area contributed by atoms with E-state index in [2.05, 4.69) is 24.1 Å². The van der Waals surface area contributed by atoms with E-state index >= 15 is 0 Å². The van der Waals surface area contributed by atoms with Crippen LogP contribution in [0.4, 0.5) is 5.82 Å². The van der Waals surface area contributed by atoms with Crippen molar-refractivity contribution in [1.29, 1.82) is 0 Å². The number of aromatic nitrogens is 1.